The van der Waals surface area contributed by atoms with E-state index in [9.17, 15) is 4.79 Å². The maximum absolute atomic E-state index is 12.7. The van der Waals surface area contributed by atoms with E-state index in [1.807, 2.05) is 43.3 Å². The Morgan fingerprint density at radius 3 is 2.24 bits per heavy atom. The summed E-state index contributed by atoms with van der Waals surface area (Å²) in [5.41, 5.74) is 4.46. The third-order valence-electron chi connectivity index (χ3n) is 6.66. The van der Waals surface area contributed by atoms with E-state index in [4.69, 9.17) is 4.74 Å². The van der Waals surface area contributed by atoms with Crippen molar-refractivity contribution in [1.82, 2.24) is 10.2 Å². The van der Waals surface area contributed by atoms with E-state index < -0.39 is 0 Å². The van der Waals surface area contributed by atoms with Crippen LogP contribution in [0.1, 0.15) is 52.9 Å². The Hall–Kier alpha value is -3.11. The molecule has 4 nitrogen and oxygen atoms in total. The van der Waals surface area contributed by atoms with Crippen LogP contribution in [-0.2, 0) is 13.0 Å². The number of amides is 1. The molecule has 0 bridgehead atoms. The van der Waals surface area contributed by atoms with Crippen LogP contribution in [0.3, 0.4) is 0 Å². The highest BCUT2D eigenvalue weighted by molar-refractivity contribution is 5.94. The number of nitrogens with one attached hydrogen (secondary N) is 1. The predicted molar refractivity (Wildman–Crippen MR) is 133 cm³/mol. The first kappa shape index (κ1) is 23.1. The molecule has 1 atom stereocenters. The van der Waals surface area contributed by atoms with E-state index in [0.717, 1.165) is 36.9 Å². The molecule has 0 aromatic heterocycles. The van der Waals surface area contributed by atoms with Crippen molar-refractivity contribution >= 4 is 5.91 Å². The number of piperidine rings is 1. The SMILES string of the molecule is COc1ccc([C@H](C)NC(=O)c2ccc(CN3CCC(Cc4ccccc4)CC3)cc2)cc1. The van der Waals surface area contributed by atoms with Crippen molar-refractivity contribution in [1.29, 1.82) is 0 Å². The van der Waals surface area contributed by atoms with Gasteiger partial charge in [0.1, 0.15) is 5.75 Å². The quantitative estimate of drug-likeness (QED) is 0.491. The first-order valence-electron chi connectivity index (χ1n) is 11.9. The first-order valence-corrected chi connectivity index (χ1v) is 11.9. The van der Waals surface area contributed by atoms with Gasteiger partial charge in [-0.2, -0.15) is 0 Å². The van der Waals surface area contributed by atoms with Gasteiger partial charge in [-0.05, 0) is 86.1 Å². The molecule has 0 spiro atoms. The Bertz CT molecular complexity index is 1010. The molecule has 1 fully saturated rings. The number of carbonyl (C=O) groups excluding carboxylic acids is 1. The van der Waals surface area contributed by atoms with E-state index in [0.29, 0.717) is 5.56 Å². The Kier molecular flexibility index (Phi) is 7.79. The van der Waals surface area contributed by atoms with Gasteiger partial charge < -0.3 is 10.1 Å². The number of hydrogen-bond acceptors (Lipinski definition) is 3. The van der Waals surface area contributed by atoms with Gasteiger partial charge in [-0.25, -0.2) is 0 Å². The minimum Gasteiger partial charge on any atom is -0.497 e. The van der Waals surface area contributed by atoms with Crippen molar-refractivity contribution in [2.24, 2.45) is 5.92 Å². The molecule has 1 saturated heterocycles. The summed E-state index contributed by atoms with van der Waals surface area (Å²) in [7, 11) is 1.65. The number of ether oxygens (including phenoxy) is 1. The Morgan fingerprint density at radius 1 is 0.939 bits per heavy atom. The van der Waals surface area contributed by atoms with Gasteiger partial charge in [0.25, 0.3) is 5.91 Å². The van der Waals surface area contributed by atoms with Crippen molar-refractivity contribution < 1.29 is 9.53 Å². The van der Waals surface area contributed by atoms with Gasteiger partial charge in [0.15, 0.2) is 0 Å². The van der Waals surface area contributed by atoms with Crippen LogP contribution in [0.5, 0.6) is 5.75 Å². The molecule has 0 unspecified atom stereocenters. The summed E-state index contributed by atoms with van der Waals surface area (Å²) in [5, 5.41) is 3.09. The molecule has 0 saturated carbocycles. The molecule has 172 valence electrons. The van der Waals surface area contributed by atoms with Crippen molar-refractivity contribution in [3.05, 3.63) is 101 Å². The van der Waals surface area contributed by atoms with E-state index in [1.165, 1.54) is 30.4 Å². The van der Waals surface area contributed by atoms with Gasteiger partial charge in [-0.15, -0.1) is 0 Å². The lowest BCUT2D eigenvalue weighted by molar-refractivity contribution is 0.0940. The van der Waals surface area contributed by atoms with E-state index in [2.05, 4.69) is 52.7 Å². The number of likely N-dealkylation sites (tertiary alicyclic amines) is 1. The lowest BCUT2D eigenvalue weighted by atomic mass is 9.90. The van der Waals surface area contributed by atoms with E-state index in [1.54, 1.807) is 7.11 Å². The summed E-state index contributed by atoms with van der Waals surface area (Å²) in [4.78, 5) is 15.2. The van der Waals surface area contributed by atoms with E-state index >= 15 is 0 Å². The van der Waals surface area contributed by atoms with Crippen LogP contribution in [0, 0.1) is 5.92 Å². The minimum atomic E-state index is -0.0692. The van der Waals surface area contributed by atoms with Crippen LogP contribution in [-0.4, -0.2) is 31.0 Å². The Labute approximate surface area is 197 Å². The number of nitrogens with zero attached hydrogens (tertiary/aromatic N) is 1. The molecule has 1 aliphatic heterocycles. The number of methoxy groups -OCH3 is 1. The van der Waals surface area contributed by atoms with Gasteiger partial charge in [-0.3, -0.25) is 9.69 Å². The summed E-state index contributed by atoms with van der Waals surface area (Å²) >= 11 is 0. The van der Waals surface area contributed by atoms with Crippen LogP contribution in [0.25, 0.3) is 0 Å². The summed E-state index contributed by atoms with van der Waals surface area (Å²) in [6.07, 6.45) is 3.69. The van der Waals surface area contributed by atoms with E-state index in [-0.39, 0.29) is 11.9 Å². The van der Waals surface area contributed by atoms with Crippen LogP contribution >= 0.6 is 0 Å². The van der Waals surface area contributed by atoms with Gasteiger partial charge >= 0.3 is 0 Å². The molecule has 33 heavy (non-hydrogen) atoms. The molecule has 3 aromatic rings. The smallest absolute Gasteiger partial charge is 0.251 e. The zero-order valence-electron chi connectivity index (χ0n) is 19.7. The average Bonchev–Trinajstić information content (AvgIpc) is 2.86. The highest BCUT2D eigenvalue weighted by Gasteiger charge is 2.19. The summed E-state index contributed by atoms with van der Waals surface area (Å²) < 4.78 is 5.20. The van der Waals surface area contributed by atoms with Crippen LogP contribution in [0.15, 0.2) is 78.9 Å². The second-order valence-electron chi connectivity index (χ2n) is 9.07. The first-order chi connectivity index (χ1) is 16.1. The molecule has 1 N–H and O–H groups in total. The molecule has 3 aromatic carbocycles. The normalized spacial score (nSPS) is 15.7. The number of hydrogen-bond donors (Lipinski definition) is 1. The third kappa shape index (κ3) is 6.45. The van der Waals surface area contributed by atoms with Crippen molar-refractivity contribution in [2.75, 3.05) is 20.2 Å². The number of rotatable bonds is 8. The highest BCUT2D eigenvalue weighted by Crippen LogP contribution is 2.23. The molecular weight excluding hydrogens is 408 g/mol. The lowest BCUT2D eigenvalue weighted by Crippen LogP contribution is -2.33. The molecule has 1 amide bonds. The molecule has 1 aliphatic rings. The predicted octanol–water partition coefficient (Wildman–Crippen LogP) is 5.64. The fraction of sp³-hybridized carbons (Fsp3) is 0.345. The standard InChI is InChI=1S/C29H34N2O2/c1-22(26-12-14-28(33-2)15-13-26)30-29(32)27-10-8-25(9-11-27)21-31-18-16-24(17-19-31)20-23-6-4-3-5-7-23/h3-15,22,24H,16-21H2,1-2H3,(H,30,32)/t22-/m0/s1. The topological polar surface area (TPSA) is 41.6 Å². The third-order valence-corrected chi connectivity index (χ3v) is 6.66. The van der Waals surface area contributed by atoms with Crippen LogP contribution in [0.4, 0.5) is 0 Å². The number of carbonyl (C=O) groups is 1. The Balaban J connectivity index is 1.24. The lowest BCUT2D eigenvalue weighted by Gasteiger charge is -2.32. The molecule has 1 heterocycles. The van der Waals surface area contributed by atoms with Gasteiger partial charge in [-0.1, -0.05) is 54.6 Å². The highest BCUT2D eigenvalue weighted by atomic mass is 16.5. The largest absolute Gasteiger partial charge is 0.497 e. The van der Waals surface area contributed by atoms with Crippen molar-refractivity contribution in [3.63, 3.8) is 0 Å². The summed E-state index contributed by atoms with van der Waals surface area (Å²) in [6.45, 7) is 5.22. The second kappa shape index (κ2) is 11.2. The number of benzene rings is 3. The second-order valence-corrected chi connectivity index (χ2v) is 9.07. The maximum Gasteiger partial charge on any atom is 0.251 e. The zero-order chi connectivity index (χ0) is 23.0. The van der Waals surface area contributed by atoms with Gasteiger partial charge in [0.2, 0.25) is 0 Å². The fourth-order valence-corrected chi connectivity index (χ4v) is 4.57. The fourth-order valence-electron chi connectivity index (χ4n) is 4.57. The monoisotopic (exact) mass is 442 g/mol. The summed E-state index contributed by atoms with van der Waals surface area (Å²) in [6, 6.07) is 26.6. The van der Waals surface area contributed by atoms with Crippen LogP contribution in [0.2, 0.25) is 0 Å². The molecule has 4 heteroatoms. The Morgan fingerprint density at radius 2 is 1.61 bits per heavy atom. The van der Waals surface area contributed by atoms with Crippen molar-refractivity contribution in [3.8, 4) is 5.75 Å². The van der Waals surface area contributed by atoms with Crippen molar-refractivity contribution in [2.45, 2.75) is 38.8 Å². The molecular formula is C29H34N2O2. The molecule has 4 rings (SSSR count). The van der Waals surface area contributed by atoms with Gasteiger partial charge in [0, 0.05) is 12.1 Å². The minimum absolute atomic E-state index is 0.0494. The maximum atomic E-state index is 12.7. The molecule has 0 radical (unpaired) electrons. The molecule has 0 aliphatic carbocycles. The van der Waals surface area contributed by atoms with Gasteiger partial charge in [0.05, 0.1) is 13.2 Å². The average molecular weight is 443 g/mol. The summed E-state index contributed by atoms with van der Waals surface area (Å²) in [5.74, 6) is 1.54. The zero-order valence-corrected chi connectivity index (χ0v) is 19.7. The van der Waals surface area contributed by atoms with Crippen LogP contribution < -0.4 is 10.1 Å².